The molecule has 1 heterocycles. The molecule has 0 atom stereocenters. The quantitative estimate of drug-likeness (QED) is 0.653. The van der Waals surface area contributed by atoms with Gasteiger partial charge in [0.2, 0.25) is 0 Å². The molecule has 0 saturated carbocycles. The van der Waals surface area contributed by atoms with Gasteiger partial charge in [0.25, 0.3) is 0 Å². The van der Waals surface area contributed by atoms with Crippen LogP contribution in [0.15, 0.2) is 0 Å². The summed E-state index contributed by atoms with van der Waals surface area (Å²) < 4.78 is 0. The Morgan fingerprint density at radius 3 is 2.69 bits per heavy atom. The minimum absolute atomic E-state index is 0.610. The molecule has 1 saturated heterocycles. The van der Waals surface area contributed by atoms with Crippen LogP contribution in [0.1, 0.15) is 19.3 Å². The SMILES string of the molecule is CNCCC1CCN(CC#N)CC1. The third-order valence-electron chi connectivity index (χ3n) is 2.80. The Hall–Kier alpha value is -0.590. The monoisotopic (exact) mass is 181 g/mol. The summed E-state index contributed by atoms with van der Waals surface area (Å²) in [5.74, 6) is 0.877. The fourth-order valence-corrected chi connectivity index (χ4v) is 1.88. The first-order valence-corrected chi connectivity index (χ1v) is 5.10. The number of nitrogens with zero attached hydrogens (tertiary/aromatic N) is 2. The largest absolute Gasteiger partial charge is 0.320 e. The normalized spacial score (nSPS) is 20.0. The number of rotatable bonds is 4. The molecule has 0 aromatic heterocycles. The smallest absolute Gasteiger partial charge is 0.0865 e. The Balaban J connectivity index is 2.12. The van der Waals surface area contributed by atoms with Gasteiger partial charge < -0.3 is 5.32 Å². The highest BCUT2D eigenvalue weighted by Gasteiger charge is 2.17. The van der Waals surface area contributed by atoms with Gasteiger partial charge in [0.15, 0.2) is 0 Å². The van der Waals surface area contributed by atoms with Gasteiger partial charge in [-0.15, -0.1) is 0 Å². The highest BCUT2D eigenvalue weighted by Crippen LogP contribution is 2.19. The van der Waals surface area contributed by atoms with Gasteiger partial charge in [-0.1, -0.05) is 0 Å². The summed E-state index contributed by atoms with van der Waals surface area (Å²) in [5, 5.41) is 11.7. The van der Waals surface area contributed by atoms with E-state index in [1.165, 1.54) is 19.3 Å². The lowest BCUT2D eigenvalue weighted by Gasteiger charge is -2.30. The predicted molar refractivity (Wildman–Crippen MR) is 53.3 cm³/mol. The van der Waals surface area contributed by atoms with Crippen molar-refractivity contribution >= 4 is 0 Å². The Bertz CT molecular complexity index is 165. The van der Waals surface area contributed by atoms with Gasteiger partial charge in [0.1, 0.15) is 0 Å². The Morgan fingerprint density at radius 1 is 1.46 bits per heavy atom. The van der Waals surface area contributed by atoms with E-state index in [4.69, 9.17) is 5.26 Å². The number of nitrogens with one attached hydrogen (secondary N) is 1. The third-order valence-corrected chi connectivity index (χ3v) is 2.80. The Kier molecular flexibility index (Phi) is 4.81. The molecule has 1 fully saturated rings. The summed E-state index contributed by atoms with van der Waals surface area (Å²) in [5.41, 5.74) is 0. The zero-order chi connectivity index (χ0) is 9.52. The van der Waals surface area contributed by atoms with Crippen LogP contribution in [0.3, 0.4) is 0 Å². The summed E-state index contributed by atoms with van der Waals surface area (Å²) in [6.45, 7) is 3.96. The third kappa shape index (κ3) is 3.75. The second kappa shape index (κ2) is 5.95. The van der Waals surface area contributed by atoms with E-state index in [-0.39, 0.29) is 0 Å². The van der Waals surface area contributed by atoms with Crippen LogP contribution in [-0.4, -0.2) is 38.1 Å². The zero-order valence-electron chi connectivity index (χ0n) is 8.42. The number of nitriles is 1. The standard InChI is InChI=1S/C10H19N3/c1-12-6-2-10-3-7-13(8-4-10)9-5-11/h10,12H,2-4,6-9H2,1H3. The van der Waals surface area contributed by atoms with Crippen molar-refractivity contribution in [3.63, 3.8) is 0 Å². The van der Waals surface area contributed by atoms with E-state index in [0.717, 1.165) is 25.6 Å². The molecule has 1 aliphatic heterocycles. The molecular formula is C10H19N3. The number of piperidine rings is 1. The molecule has 0 bridgehead atoms. The van der Waals surface area contributed by atoms with E-state index in [0.29, 0.717) is 6.54 Å². The number of hydrogen-bond acceptors (Lipinski definition) is 3. The molecule has 1 rings (SSSR count). The van der Waals surface area contributed by atoms with Crippen molar-refractivity contribution in [1.29, 1.82) is 5.26 Å². The maximum absolute atomic E-state index is 8.52. The van der Waals surface area contributed by atoms with E-state index in [9.17, 15) is 0 Å². The van der Waals surface area contributed by atoms with Crippen molar-refractivity contribution in [3.05, 3.63) is 0 Å². The van der Waals surface area contributed by atoms with Crippen molar-refractivity contribution < 1.29 is 0 Å². The lowest BCUT2D eigenvalue weighted by Crippen LogP contribution is -2.34. The molecule has 74 valence electrons. The Labute approximate surface area is 80.7 Å². The van der Waals surface area contributed by atoms with Crippen molar-refractivity contribution in [3.8, 4) is 6.07 Å². The lowest BCUT2D eigenvalue weighted by molar-refractivity contribution is 0.196. The highest BCUT2D eigenvalue weighted by molar-refractivity contribution is 4.80. The minimum Gasteiger partial charge on any atom is -0.320 e. The molecule has 0 amide bonds. The zero-order valence-corrected chi connectivity index (χ0v) is 8.42. The van der Waals surface area contributed by atoms with Gasteiger partial charge in [-0.3, -0.25) is 4.90 Å². The summed E-state index contributed by atoms with van der Waals surface area (Å²) in [4.78, 5) is 2.25. The molecule has 0 aromatic carbocycles. The summed E-state index contributed by atoms with van der Waals surface area (Å²) in [7, 11) is 2.00. The van der Waals surface area contributed by atoms with E-state index in [2.05, 4.69) is 16.3 Å². The predicted octanol–water partition coefficient (Wildman–Crippen LogP) is 0.831. The average Bonchev–Trinajstić information content (AvgIpc) is 2.17. The fourth-order valence-electron chi connectivity index (χ4n) is 1.88. The number of likely N-dealkylation sites (tertiary alicyclic amines) is 1. The summed E-state index contributed by atoms with van der Waals surface area (Å²) >= 11 is 0. The van der Waals surface area contributed by atoms with Crippen LogP contribution >= 0.6 is 0 Å². The maximum Gasteiger partial charge on any atom is 0.0865 e. The van der Waals surface area contributed by atoms with Gasteiger partial charge in [-0.05, 0) is 51.9 Å². The van der Waals surface area contributed by atoms with Crippen LogP contribution in [-0.2, 0) is 0 Å². The molecule has 0 aromatic rings. The van der Waals surface area contributed by atoms with Crippen molar-refractivity contribution in [1.82, 2.24) is 10.2 Å². The van der Waals surface area contributed by atoms with Crippen LogP contribution in [0.5, 0.6) is 0 Å². The van der Waals surface area contributed by atoms with Crippen molar-refractivity contribution in [2.75, 3.05) is 33.2 Å². The minimum atomic E-state index is 0.610. The molecule has 0 unspecified atom stereocenters. The van der Waals surface area contributed by atoms with Gasteiger partial charge >= 0.3 is 0 Å². The second-order valence-electron chi connectivity index (χ2n) is 3.77. The van der Waals surface area contributed by atoms with Crippen LogP contribution in [0.2, 0.25) is 0 Å². The first-order chi connectivity index (χ1) is 6.36. The molecule has 1 aliphatic rings. The highest BCUT2D eigenvalue weighted by atomic mass is 15.1. The molecule has 0 radical (unpaired) electrons. The van der Waals surface area contributed by atoms with Crippen molar-refractivity contribution in [2.24, 2.45) is 5.92 Å². The topological polar surface area (TPSA) is 39.1 Å². The van der Waals surface area contributed by atoms with E-state index < -0.39 is 0 Å². The molecular weight excluding hydrogens is 162 g/mol. The second-order valence-corrected chi connectivity index (χ2v) is 3.77. The first-order valence-electron chi connectivity index (χ1n) is 5.10. The van der Waals surface area contributed by atoms with Crippen LogP contribution in [0, 0.1) is 17.2 Å². The first kappa shape index (κ1) is 10.5. The maximum atomic E-state index is 8.52. The molecule has 0 aliphatic carbocycles. The van der Waals surface area contributed by atoms with E-state index >= 15 is 0 Å². The molecule has 0 spiro atoms. The summed E-state index contributed by atoms with van der Waals surface area (Å²) in [6.07, 6.45) is 3.82. The molecule has 3 nitrogen and oxygen atoms in total. The average molecular weight is 181 g/mol. The summed E-state index contributed by atoms with van der Waals surface area (Å²) in [6, 6.07) is 2.21. The van der Waals surface area contributed by atoms with Gasteiger partial charge in [0.05, 0.1) is 12.6 Å². The Morgan fingerprint density at radius 2 is 2.15 bits per heavy atom. The van der Waals surface area contributed by atoms with Crippen LogP contribution in [0.25, 0.3) is 0 Å². The molecule has 13 heavy (non-hydrogen) atoms. The molecule has 1 N–H and O–H groups in total. The van der Waals surface area contributed by atoms with Crippen LogP contribution in [0.4, 0.5) is 0 Å². The van der Waals surface area contributed by atoms with E-state index in [1.54, 1.807) is 0 Å². The van der Waals surface area contributed by atoms with Gasteiger partial charge in [-0.25, -0.2) is 0 Å². The molecule has 3 heteroatoms. The lowest BCUT2D eigenvalue weighted by atomic mass is 9.93. The fraction of sp³-hybridized carbons (Fsp3) is 0.900. The van der Waals surface area contributed by atoms with Crippen LogP contribution < -0.4 is 5.32 Å². The van der Waals surface area contributed by atoms with Crippen molar-refractivity contribution in [2.45, 2.75) is 19.3 Å². The van der Waals surface area contributed by atoms with E-state index in [1.807, 2.05) is 7.05 Å². The number of hydrogen-bond donors (Lipinski definition) is 1. The van der Waals surface area contributed by atoms with Gasteiger partial charge in [-0.2, -0.15) is 5.26 Å². The van der Waals surface area contributed by atoms with Gasteiger partial charge in [0, 0.05) is 0 Å².